The lowest BCUT2D eigenvalue weighted by Gasteiger charge is -2.35. The van der Waals surface area contributed by atoms with Gasteiger partial charge in [0, 0.05) is 37.6 Å². The van der Waals surface area contributed by atoms with Gasteiger partial charge >= 0.3 is 0 Å². The minimum absolute atomic E-state index is 0.0831. The number of carbonyl (C=O) groups is 1. The number of benzene rings is 1. The second kappa shape index (κ2) is 8.90. The number of nitrogens with zero attached hydrogens (tertiary/aromatic N) is 3. The summed E-state index contributed by atoms with van der Waals surface area (Å²) in [6.45, 7) is 6.83. The Kier molecular flexibility index (Phi) is 6.08. The molecule has 4 rings (SSSR count). The zero-order valence-electron chi connectivity index (χ0n) is 16.8. The molecule has 29 heavy (non-hydrogen) atoms. The van der Waals surface area contributed by atoms with Crippen LogP contribution in [0.2, 0.25) is 0 Å². The molecular weight excluding hydrogens is 384 g/mol. The highest BCUT2D eigenvalue weighted by molar-refractivity contribution is 7.15. The molecule has 152 valence electrons. The normalized spacial score (nSPS) is 16.6. The monoisotopic (exact) mass is 410 g/mol. The number of amides is 1. The molecule has 1 aliphatic rings. The second-order valence-electron chi connectivity index (χ2n) is 7.44. The topological polar surface area (TPSA) is 61.6 Å². The van der Waals surface area contributed by atoms with Crippen molar-refractivity contribution in [2.24, 2.45) is 0 Å². The second-order valence-corrected chi connectivity index (χ2v) is 8.64. The van der Waals surface area contributed by atoms with Gasteiger partial charge in [-0.1, -0.05) is 30.3 Å². The van der Waals surface area contributed by atoms with E-state index in [-0.39, 0.29) is 11.9 Å². The number of thiazole rings is 1. The van der Waals surface area contributed by atoms with Crippen molar-refractivity contribution in [3.05, 3.63) is 64.9 Å². The van der Waals surface area contributed by atoms with E-state index in [1.54, 1.807) is 6.26 Å². The van der Waals surface area contributed by atoms with Gasteiger partial charge in [0.25, 0.3) is 5.91 Å². The van der Waals surface area contributed by atoms with Crippen molar-refractivity contribution in [1.82, 2.24) is 20.1 Å². The molecule has 1 saturated heterocycles. The van der Waals surface area contributed by atoms with Gasteiger partial charge in [-0.2, -0.15) is 0 Å². The Morgan fingerprint density at radius 1 is 1.17 bits per heavy atom. The molecule has 1 fully saturated rings. The minimum Gasteiger partial charge on any atom is -0.462 e. The van der Waals surface area contributed by atoms with E-state index in [0.717, 1.165) is 48.2 Å². The molecule has 0 spiro atoms. The molecule has 7 heteroatoms. The van der Waals surface area contributed by atoms with Crippen molar-refractivity contribution < 1.29 is 9.21 Å². The average Bonchev–Trinajstić information content (AvgIpc) is 3.39. The summed E-state index contributed by atoms with van der Waals surface area (Å²) in [7, 11) is 2.15. The first-order valence-electron chi connectivity index (χ1n) is 9.88. The molecule has 0 aliphatic carbocycles. The molecule has 1 unspecified atom stereocenters. The number of furan rings is 1. The Labute approximate surface area is 175 Å². The molecule has 1 amide bonds. The van der Waals surface area contributed by atoms with E-state index in [1.807, 2.05) is 37.3 Å². The predicted molar refractivity (Wildman–Crippen MR) is 115 cm³/mol. The zero-order valence-corrected chi connectivity index (χ0v) is 17.6. The molecule has 2 aromatic heterocycles. The van der Waals surface area contributed by atoms with Crippen LogP contribution in [0.5, 0.6) is 0 Å². The van der Waals surface area contributed by atoms with Crippen LogP contribution >= 0.6 is 11.3 Å². The van der Waals surface area contributed by atoms with Gasteiger partial charge in [-0.25, -0.2) is 4.98 Å². The first-order valence-corrected chi connectivity index (χ1v) is 10.7. The molecule has 0 radical (unpaired) electrons. The smallest absolute Gasteiger partial charge is 0.271 e. The van der Waals surface area contributed by atoms with E-state index in [1.165, 1.54) is 11.3 Å². The number of hydrogen-bond acceptors (Lipinski definition) is 6. The van der Waals surface area contributed by atoms with Crippen LogP contribution in [-0.4, -0.2) is 60.5 Å². The highest BCUT2D eigenvalue weighted by atomic mass is 32.1. The largest absolute Gasteiger partial charge is 0.462 e. The molecule has 0 bridgehead atoms. The third kappa shape index (κ3) is 4.75. The van der Waals surface area contributed by atoms with Crippen molar-refractivity contribution >= 4 is 17.2 Å². The summed E-state index contributed by atoms with van der Waals surface area (Å²) in [6.07, 6.45) is 1.62. The lowest BCUT2D eigenvalue weighted by atomic mass is 10.1. The number of likely N-dealkylation sites (N-methyl/N-ethyl adjacent to an activating group) is 1. The Morgan fingerprint density at radius 3 is 2.62 bits per heavy atom. The Balaban J connectivity index is 1.52. The number of rotatable bonds is 6. The van der Waals surface area contributed by atoms with Crippen LogP contribution in [0.1, 0.15) is 27.0 Å². The maximum Gasteiger partial charge on any atom is 0.271 e. The van der Waals surface area contributed by atoms with Crippen LogP contribution in [0.3, 0.4) is 0 Å². The van der Waals surface area contributed by atoms with Crippen LogP contribution < -0.4 is 5.32 Å². The van der Waals surface area contributed by atoms with Gasteiger partial charge in [0.15, 0.2) is 10.8 Å². The lowest BCUT2D eigenvalue weighted by Crippen LogP contribution is -2.47. The Hall–Kier alpha value is -2.48. The first-order chi connectivity index (χ1) is 14.1. The zero-order chi connectivity index (χ0) is 20.2. The van der Waals surface area contributed by atoms with E-state index in [0.29, 0.717) is 11.5 Å². The van der Waals surface area contributed by atoms with Crippen LogP contribution in [-0.2, 0) is 0 Å². The molecule has 1 N–H and O–H groups in total. The third-order valence-corrected chi connectivity index (χ3v) is 6.27. The van der Waals surface area contributed by atoms with Gasteiger partial charge in [-0.05, 0) is 31.7 Å². The van der Waals surface area contributed by atoms with E-state index < -0.39 is 0 Å². The maximum atomic E-state index is 13.1. The van der Waals surface area contributed by atoms with Crippen molar-refractivity contribution in [2.45, 2.75) is 13.0 Å². The van der Waals surface area contributed by atoms with Gasteiger partial charge in [-0.3, -0.25) is 9.69 Å². The predicted octanol–water partition coefficient (Wildman–Crippen LogP) is 3.43. The molecular formula is C22H26N4O2S. The number of piperazine rings is 1. The van der Waals surface area contributed by atoms with E-state index in [9.17, 15) is 4.79 Å². The van der Waals surface area contributed by atoms with E-state index >= 15 is 0 Å². The Bertz CT molecular complexity index is 931. The summed E-state index contributed by atoms with van der Waals surface area (Å²) in [4.78, 5) is 23.3. The molecule has 0 saturated carbocycles. The number of hydrogen-bond donors (Lipinski definition) is 1. The minimum atomic E-state index is -0.139. The quantitative estimate of drug-likeness (QED) is 0.675. The highest BCUT2D eigenvalue weighted by Gasteiger charge is 2.24. The van der Waals surface area contributed by atoms with Crippen LogP contribution in [0.4, 0.5) is 0 Å². The highest BCUT2D eigenvalue weighted by Crippen LogP contribution is 2.28. The van der Waals surface area contributed by atoms with E-state index in [4.69, 9.17) is 4.42 Å². The summed E-state index contributed by atoms with van der Waals surface area (Å²) < 4.78 is 5.43. The van der Waals surface area contributed by atoms with Crippen LogP contribution in [0.15, 0.2) is 53.1 Å². The fourth-order valence-corrected chi connectivity index (χ4v) is 4.43. The number of carbonyl (C=O) groups excluding carboxylic acids is 1. The summed E-state index contributed by atoms with van der Waals surface area (Å²) in [5, 5.41) is 3.96. The van der Waals surface area contributed by atoms with Gasteiger partial charge < -0.3 is 14.6 Å². The maximum absolute atomic E-state index is 13.1. The molecule has 1 aliphatic heterocycles. The van der Waals surface area contributed by atoms with Crippen molar-refractivity contribution in [2.75, 3.05) is 39.8 Å². The van der Waals surface area contributed by atoms with Gasteiger partial charge in [0.05, 0.1) is 12.3 Å². The van der Waals surface area contributed by atoms with Crippen molar-refractivity contribution in [1.29, 1.82) is 0 Å². The standard InChI is InChI=1S/C22H26N4O2S/c1-16-20(24-22(29-16)19-9-6-14-28-19)21(27)23-18(17-7-4-3-5-8-17)15-26-12-10-25(2)11-13-26/h3-9,14,18H,10-13,15H2,1-2H3,(H,23,27). The summed E-state index contributed by atoms with van der Waals surface area (Å²) in [5.74, 6) is 0.550. The molecule has 3 heterocycles. The van der Waals surface area contributed by atoms with Gasteiger partial charge in [-0.15, -0.1) is 11.3 Å². The average molecular weight is 411 g/mol. The van der Waals surface area contributed by atoms with E-state index in [2.05, 4.69) is 39.3 Å². The number of nitrogens with one attached hydrogen (secondary N) is 1. The molecule has 1 aromatic carbocycles. The first kappa shape index (κ1) is 19.8. The van der Waals surface area contributed by atoms with Crippen LogP contribution in [0.25, 0.3) is 10.8 Å². The Morgan fingerprint density at radius 2 is 1.93 bits per heavy atom. The molecule has 3 aromatic rings. The summed E-state index contributed by atoms with van der Waals surface area (Å²) in [6, 6.07) is 13.8. The number of aromatic nitrogens is 1. The molecule has 6 nitrogen and oxygen atoms in total. The summed E-state index contributed by atoms with van der Waals surface area (Å²) in [5.41, 5.74) is 1.58. The fourth-order valence-electron chi connectivity index (χ4n) is 3.55. The number of aryl methyl sites for hydroxylation is 1. The van der Waals surface area contributed by atoms with Crippen LogP contribution in [0, 0.1) is 6.92 Å². The fraction of sp³-hybridized carbons (Fsp3) is 0.364. The van der Waals surface area contributed by atoms with Gasteiger partial charge in [0.1, 0.15) is 5.69 Å². The van der Waals surface area contributed by atoms with Gasteiger partial charge in [0.2, 0.25) is 0 Å². The summed E-state index contributed by atoms with van der Waals surface area (Å²) >= 11 is 1.48. The lowest BCUT2D eigenvalue weighted by molar-refractivity contribution is 0.0902. The van der Waals surface area contributed by atoms with Crippen molar-refractivity contribution in [3.63, 3.8) is 0 Å². The third-order valence-electron chi connectivity index (χ3n) is 5.29. The SMILES string of the molecule is Cc1sc(-c2ccco2)nc1C(=O)NC(CN1CCN(C)CC1)c1ccccc1. The molecule has 1 atom stereocenters. The van der Waals surface area contributed by atoms with Crippen molar-refractivity contribution in [3.8, 4) is 10.8 Å².